The second kappa shape index (κ2) is 7.67. The summed E-state index contributed by atoms with van der Waals surface area (Å²) in [6.45, 7) is 4.38. The lowest BCUT2D eigenvalue weighted by atomic mass is 10.2. The molecule has 0 aromatic carbocycles. The SMILES string of the molecule is CCCC/C(Br)=C\SCC. The van der Waals surface area contributed by atoms with Crippen molar-refractivity contribution in [2.45, 2.75) is 33.1 Å². The predicted molar refractivity (Wildman–Crippen MR) is 54.7 cm³/mol. The van der Waals surface area contributed by atoms with Gasteiger partial charge < -0.3 is 0 Å². The maximum absolute atomic E-state index is 3.52. The van der Waals surface area contributed by atoms with Gasteiger partial charge in [-0.25, -0.2) is 0 Å². The molecule has 0 aromatic heterocycles. The van der Waals surface area contributed by atoms with Gasteiger partial charge >= 0.3 is 0 Å². The summed E-state index contributed by atoms with van der Waals surface area (Å²) in [6, 6.07) is 0. The van der Waals surface area contributed by atoms with E-state index in [2.05, 4.69) is 35.2 Å². The Morgan fingerprint density at radius 3 is 2.70 bits per heavy atom. The molecule has 0 aliphatic carbocycles. The molecule has 60 valence electrons. The third kappa shape index (κ3) is 6.69. The number of rotatable bonds is 5. The van der Waals surface area contributed by atoms with Gasteiger partial charge in [-0.3, -0.25) is 0 Å². The zero-order valence-corrected chi connectivity index (χ0v) is 9.09. The average Bonchev–Trinajstić information content (AvgIpc) is 1.97. The van der Waals surface area contributed by atoms with Crippen molar-refractivity contribution in [1.29, 1.82) is 0 Å². The number of hydrogen-bond donors (Lipinski definition) is 0. The lowest BCUT2D eigenvalue weighted by molar-refractivity contribution is 0.811. The summed E-state index contributed by atoms with van der Waals surface area (Å²) in [5, 5.41) is 2.20. The van der Waals surface area contributed by atoms with Gasteiger partial charge in [0.25, 0.3) is 0 Å². The Balaban J connectivity index is 3.30. The lowest BCUT2D eigenvalue weighted by Crippen LogP contribution is -1.72. The molecule has 0 unspecified atom stereocenters. The molecule has 0 bridgehead atoms. The van der Waals surface area contributed by atoms with Crippen LogP contribution in [-0.2, 0) is 0 Å². The first-order valence-corrected chi connectivity index (χ1v) is 5.61. The van der Waals surface area contributed by atoms with Gasteiger partial charge in [0.2, 0.25) is 0 Å². The molecule has 0 atom stereocenters. The Hall–Kier alpha value is 0.570. The van der Waals surface area contributed by atoms with Crippen LogP contribution in [0.25, 0.3) is 0 Å². The number of thioether (sulfide) groups is 1. The van der Waals surface area contributed by atoms with E-state index in [4.69, 9.17) is 0 Å². The summed E-state index contributed by atoms with van der Waals surface area (Å²) in [6.07, 6.45) is 3.77. The van der Waals surface area contributed by atoms with Crippen molar-refractivity contribution in [3.05, 3.63) is 9.89 Å². The molecule has 0 spiro atoms. The molecule has 0 aliphatic rings. The van der Waals surface area contributed by atoms with Crippen molar-refractivity contribution in [2.75, 3.05) is 5.75 Å². The monoisotopic (exact) mass is 222 g/mol. The van der Waals surface area contributed by atoms with E-state index in [1.807, 2.05) is 11.8 Å². The van der Waals surface area contributed by atoms with Crippen LogP contribution in [0.2, 0.25) is 0 Å². The Kier molecular flexibility index (Phi) is 8.11. The molecule has 0 N–H and O–H groups in total. The molecule has 0 aromatic rings. The van der Waals surface area contributed by atoms with Crippen LogP contribution in [-0.4, -0.2) is 5.75 Å². The van der Waals surface area contributed by atoms with E-state index in [-0.39, 0.29) is 0 Å². The van der Waals surface area contributed by atoms with Crippen LogP contribution in [0.3, 0.4) is 0 Å². The van der Waals surface area contributed by atoms with Crippen molar-refractivity contribution in [3.63, 3.8) is 0 Å². The number of unbranched alkanes of at least 4 members (excludes halogenated alkanes) is 1. The van der Waals surface area contributed by atoms with Crippen molar-refractivity contribution in [1.82, 2.24) is 0 Å². The van der Waals surface area contributed by atoms with Gasteiger partial charge in [0.15, 0.2) is 0 Å². The molecule has 0 fully saturated rings. The number of hydrogen-bond acceptors (Lipinski definition) is 1. The van der Waals surface area contributed by atoms with Gasteiger partial charge in [0, 0.05) is 4.48 Å². The largest absolute Gasteiger partial charge is 0.134 e. The molecule has 0 radical (unpaired) electrons. The fourth-order valence-electron chi connectivity index (χ4n) is 0.578. The summed E-state index contributed by atoms with van der Waals surface area (Å²) in [4.78, 5) is 0. The van der Waals surface area contributed by atoms with Crippen molar-refractivity contribution < 1.29 is 0 Å². The molecule has 0 amide bonds. The molecule has 0 aliphatic heterocycles. The normalized spacial score (nSPS) is 12.1. The molecule has 0 nitrogen and oxygen atoms in total. The second-order valence-corrected chi connectivity index (χ2v) is 4.29. The minimum atomic E-state index is 1.17. The topological polar surface area (TPSA) is 0 Å². The van der Waals surface area contributed by atoms with E-state index in [1.165, 1.54) is 29.5 Å². The minimum absolute atomic E-state index is 1.17. The fourth-order valence-corrected chi connectivity index (χ4v) is 1.72. The quantitative estimate of drug-likeness (QED) is 0.674. The minimum Gasteiger partial charge on any atom is -0.134 e. The lowest BCUT2D eigenvalue weighted by Gasteiger charge is -1.95. The standard InChI is InChI=1S/C8H15BrS/c1-3-5-6-8(9)7-10-4-2/h7H,3-6H2,1-2H3/b8-7+. The molecule has 2 heteroatoms. The van der Waals surface area contributed by atoms with Crippen LogP contribution in [0.5, 0.6) is 0 Å². The molecule has 0 saturated heterocycles. The third-order valence-corrected chi connectivity index (χ3v) is 2.86. The Labute approximate surface area is 76.6 Å². The van der Waals surface area contributed by atoms with E-state index >= 15 is 0 Å². The molecular weight excluding hydrogens is 208 g/mol. The summed E-state index contributed by atoms with van der Waals surface area (Å²) >= 11 is 5.38. The molecule has 0 heterocycles. The molecule has 0 saturated carbocycles. The van der Waals surface area contributed by atoms with Crippen LogP contribution < -0.4 is 0 Å². The summed E-state index contributed by atoms with van der Waals surface area (Å²) < 4.78 is 1.35. The molecular formula is C8H15BrS. The van der Waals surface area contributed by atoms with E-state index < -0.39 is 0 Å². The van der Waals surface area contributed by atoms with Crippen molar-refractivity contribution >= 4 is 27.7 Å². The Morgan fingerprint density at radius 2 is 2.20 bits per heavy atom. The van der Waals surface area contributed by atoms with Gasteiger partial charge in [-0.05, 0) is 24.0 Å². The van der Waals surface area contributed by atoms with Crippen LogP contribution in [0.15, 0.2) is 9.89 Å². The van der Waals surface area contributed by atoms with Crippen LogP contribution in [0.1, 0.15) is 33.1 Å². The average molecular weight is 223 g/mol. The molecule has 0 rings (SSSR count). The Morgan fingerprint density at radius 1 is 1.50 bits per heavy atom. The van der Waals surface area contributed by atoms with Gasteiger partial charge in [0.05, 0.1) is 0 Å². The highest BCUT2D eigenvalue weighted by Crippen LogP contribution is 2.18. The Bertz CT molecular complexity index is 99.4. The van der Waals surface area contributed by atoms with Gasteiger partial charge in [0.1, 0.15) is 0 Å². The highest BCUT2D eigenvalue weighted by molar-refractivity contribution is 9.11. The first kappa shape index (κ1) is 10.6. The van der Waals surface area contributed by atoms with E-state index in [0.29, 0.717) is 0 Å². The predicted octanol–water partition coefficient (Wildman–Crippen LogP) is 4.17. The second-order valence-electron chi connectivity index (χ2n) is 2.12. The van der Waals surface area contributed by atoms with Crippen molar-refractivity contribution in [3.8, 4) is 0 Å². The number of halogens is 1. The maximum atomic E-state index is 3.52. The van der Waals surface area contributed by atoms with E-state index in [0.717, 1.165) is 0 Å². The fraction of sp³-hybridized carbons (Fsp3) is 0.750. The highest BCUT2D eigenvalue weighted by atomic mass is 79.9. The summed E-state index contributed by atoms with van der Waals surface area (Å²) in [5.41, 5.74) is 0. The van der Waals surface area contributed by atoms with Crippen LogP contribution in [0, 0.1) is 0 Å². The third-order valence-electron chi connectivity index (χ3n) is 1.15. The highest BCUT2D eigenvalue weighted by Gasteiger charge is 1.89. The van der Waals surface area contributed by atoms with Gasteiger partial charge in [-0.1, -0.05) is 36.2 Å². The summed E-state index contributed by atoms with van der Waals surface area (Å²) in [7, 11) is 0. The van der Waals surface area contributed by atoms with Gasteiger partial charge in [-0.15, -0.1) is 11.8 Å². The summed E-state index contributed by atoms with van der Waals surface area (Å²) in [5.74, 6) is 1.17. The van der Waals surface area contributed by atoms with E-state index in [9.17, 15) is 0 Å². The van der Waals surface area contributed by atoms with Crippen LogP contribution in [0.4, 0.5) is 0 Å². The number of allylic oxidation sites excluding steroid dienone is 1. The maximum Gasteiger partial charge on any atom is 0.00135 e. The van der Waals surface area contributed by atoms with E-state index in [1.54, 1.807) is 0 Å². The van der Waals surface area contributed by atoms with Crippen molar-refractivity contribution in [2.24, 2.45) is 0 Å². The first-order valence-electron chi connectivity index (χ1n) is 3.77. The smallest absolute Gasteiger partial charge is 0.00135 e. The zero-order chi connectivity index (χ0) is 7.82. The zero-order valence-electron chi connectivity index (χ0n) is 6.69. The first-order chi connectivity index (χ1) is 4.81. The molecule has 10 heavy (non-hydrogen) atoms. The van der Waals surface area contributed by atoms with Crippen LogP contribution >= 0.6 is 27.7 Å². The van der Waals surface area contributed by atoms with Gasteiger partial charge in [-0.2, -0.15) is 0 Å².